The van der Waals surface area contributed by atoms with E-state index in [2.05, 4.69) is 140 Å². The van der Waals surface area contributed by atoms with Crippen LogP contribution in [0, 0.1) is 0 Å². The third-order valence-corrected chi connectivity index (χ3v) is 8.06. The Morgan fingerprint density at radius 3 is 1.69 bits per heavy atom. The first-order chi connectivity index (χ1) is 20.8. The van der Waals surface area contributed by atoms with E-state index in [0.717, 1.165) is 49.7 Å². The first-order valence-electron chi connectivity index (χ1n) is 14.3. The van der Waals surface area contributed by atoms with E-state index in [9.17, 15) is 0 Å². The highest BCUT2D eigenvalue weighted by Crippen LogP contribution is 2.40. The number of hydrogen-bond donors (Lipinski definition) is 0. The van der Waals surface area contributed by atoms with Crippen molar-refractivity contribution in [2.75, 3.05) is 0 Å². The molecule has 196 valence electrons. The highest BCUT2D eigenvalue weighted by atomic mass is 14.7. The van der Waals surface area contributed by atoms with Crippen LogP contribution < -0.4 is 0 Å². The van der Waals surface area contributed by atoms with E-state index in [1.165, 1.54) is 27.6 Å². The molecule has 6 aromatic carbocycles. The van der Waals surface area contributed by atoms with Gasteiger partial charge in [-0.25, -0.2) is 9.97 Å². The summed E-state index contributed by atoms with van der Waals surface area (Å²) in [7, 11) is 0. The SMILES string of the molecule is c1ccc(-c2cc(-c3ccccc3)c3cc(-c4ccc(-c5ccc6ccccc6n5)cc4)c4ccccc4c3n2)cc1. The average molecular weight is 535 g/mol. The molecular weight excluding hydrogens is 508 g/mol. The number of nitrogens with zero attached hydrogens (tertiary/aromatic N) is 2. The summed E-state index contributed by atoms with van der Waals surface area (Å²) < 4.78 is 0. The Morgan fingerprint density at radius 1 is 0.333 bits per heavy atom. The lowest BCUT2D eigenvalue weighted by Crippen LogP contribution is -1.93. The quantitative estimate of drug-likeness (QED) is 0.210. The van der Waals surface area contributed by atoms with Crippen molar-refractivity contribution in [3.8, 4) is 44.8 Å². The van der Waals surface area contributed by atoms with Crippen LogP contribution in [0.4, 0.5) is 0 Å². The molecule has 0 spiro atoms. The molecule has 0 aliphatic carbocycles. The Labute approximate surface area is 244 Å². The number of fused-ring (bicyclic) bond motifs is 4. The molecule has 0 atom stereocenters. The minimum Gasteiger partial charge on any atom is -0.248 e. The fourth-order valence-electron chi connectivity index (χ4n) is 5.95. The van der Waals surface area contributed by atoms with Crippen LogP contribution in [0.25, 0.3) is 77.3 Å². The van der Waals surface area contributed by atoms with Crippen LogP contribution in [0.5, 0.6) is 0 Å². The lowest BCUT2D eigenvalue weighted by atomic mass is 9.90. The summed E-state index contributed by atoms with van der Waals surface area (Å²) in [5.41, 5.74) is 10.9. The number of hydrogen-bond acceptors (Lipinski definition) is 2. The van der Waals surface area contributed by atoms with Crippen molar-refractivity contribution < 1.29 is 0 Å². The Kier molecular flexibility index (Phi) is 5.82. The van der Waals surface area contributed by atoms with E-state index in [0.29, 0.717) is 0 Å². The minimum atomic E-state index is 0.979. The fraction of sp³-hybridized carbons (Fsp3) is 0. The molecular formula is C40H26N2. The van der Waals surface area contributed by atoms with Crippen LogP contribution in [-0.4, -0.2) is 9.97 Å². The molecule has 0 N–H and O–H groups in total. The van der Waals surface area contributed by atoms with Gasteiger partial charge in [-0.2, -0.15) is 0 Å². The van der Waals surface area contributed by atoms with Crippen LogP contribution in [0.1, 0.15) is 0 Å². The number of para-hydroxylation sites is 1. The van der Waals surface area contributed by atoms with Crippen LogP contribution in [-0.2, 0) is 0 Å². The van der Waals surface area contributed by atoms with Crippen molar-refractivity contribution >= 4 is 32.6 Å². The maximum absolute atomic E-state index is 5.26. The van der Waals surface area contributed by atoms with Gasteiger partial charge < -0.3 is 0 Å². The second-order valence-electron chi connectivity index (χ2n) is 10.6. The smallest absolute Gasteiger partial charge is 0.0794 e. The van der Waals surface area contributed by atoms with E-state index < -0.39 is 0 Å². The minimum absolute atomic E-state index is 0.979. The molecule has 2 heterocycles. The molecule has 0 aliphatic rings. The molecule has 2 heteroatoms. The van der Waals surface area contributed by atoms with Gasteiger partial charge in [-0.15, -0.1) is 0 Å². The second kappa shape index (κ2) is 10.1. The van der Waals surface area contributed by atoms with Gasteiger partial charge >= 0.3 is 0 Å². The third-order valence-electron chi connectivity index (χ3n) is 8.06. The van der Waals surface area contributed by atoms with Crippen molar-refractivity contribution in [1.82, 2.24) is 9.97 Å². The topological polar surface area (TPSA) is 25.8 Å². The van der Waals surface area contributed by atoms with Crippen LogP contribution in [0.2, 0.25) is 0 Å². The van der Waals surface area contributed by atoms with Gasteiger partial charge in [-0.3, -0.25) is 0 Å². The molecule has 0 radical (unpaired) electrons. The van der Waals surface area contributed by atoms with E-state index >= 15 is 0 Å². The molecule has 0 fully saturated rings. The lowest BCUT2D eigenvalue weighted by molar-refractivity contribution is 1.40. The first-order valence-corrected chi connectivity index (χ1v) is 14.3. The number of pyridine rings is 2. The van der Waals surface area contributed by atoms with Gasteiger partial charge in [0.15, 0.2) is 0 Å². The van der Waals surface area contributed by atoms with Gasteiger partial charge in [0.1, 0.15) is 0 Å². The van der Waals surface area contributed by atoms with E-state index in [4.69, 9.17) is 9.97 Å². The van der Waals surface area contributed by atoms with Crippen LogP contribution in [0.3, 0.4) is 0 Å². The van der Waals surface area contributed by atoms with Crippen molar-refractivity contribution in [1.29, 1.82) is 0 Å². The molecule has 2 aromatic heterocycles. The van der Waals surface area contributed by atoms with Crippen molar-refractivity contribution in [3.63, 3.8) is 0 Å². The monoisotopic (exact) mass is 534 g/mol. The van der Waals surface area contributed by atoms with E-state index in [1.807, 2.05) is 18.2 Å². The highest BCUT2D eigenvalue weighted by molar-refractivity contribution is 6.16. The molecule has 0 saturated carbocycles. The van der Waals surface area contributed by atoms with Gasteiger partial charge in [-0.05, 0) is 51.9 Å². The molecule has 8 aromatic rings. The standard InChI is InChI=1S/C40H26N2/c1-3-11-27(12-4-1)35-26-39(29-13-5-2-6-14-29)42-40-33-17-9-8-16-32(33)34(25-36(35)40)28-19-21-31(22-20-28)38-24-23-30-15-7-10-18-37(30)41-38/h1-26H. The van der Waals surface area contributed by atoms with Crippen LogP contribution in [0.15, 0.2) is 158 Å². The third kappa shape index (κ3) is 4.22. The Bertz CT molecular complexity index is 2220. The van der Waals surface area contributed by atoms with Crippen molar-refractivity contribution in [3.05, 3.63) is 158 Å². The first kappa shape index (κ1) is 24.2. The normalized spacial score (nSPS) is 11.3. The van der Waals surface area contributed by atoms with Gasteiger partial charge in [0.05, 0.1) is 22.4 Å². The summed E-state index contributed by atoms with van der Waals surface area (Å²) in [5, 5.41) is 4.65. The summed E-state index contributed by atoms with van der Waals surface area (Å²) in [6.07, 6.45) is 0. The second-order valence-corrected chi connectivity index (χ2v) is 10.6. The van der Waals surface area contributed by atoms with Gasteiger partial charge in [0.25, 0.3) is 0 Å². The van der Waals surface area contributed by atoms with Gasteiger partial charge in [-0.1, -0.05) is 133 Å². The Morgan fingerprint density at radius 2 is 0.905 bits per heavy atom. The summed E-state index contributed by atoms with van der Waals surface area (Å²) in [4.78, 5) is 10.2. The maximum Gasteiger partial charge on any atom is 0.0794 e. The lowest BCUT2D eigenvalue weighted by Gasteiger charge is -2.16. The predicted molar refractivity (Wildman–Crippen MR) is 176 cm³/mol. The Hall–Kier alpha value is -5.60. The zero-order valence-electron chi connectivity index (χ0n) is 22.9. The molecule has 0 aliphatic heterocycles. The summed E-state index contributed by atoms with van der Waals surface area (Å²) >= 11 is 0. The molecule has 0 bridgehead atoms. The van der Waals surface area contributed by atoms with Crippen molar-refractivity contribution in [2.24, 2.45) is 0 Å². The fourth-order valence-corrected chi connectivity index (χ4v) is 5.95. The zero-order chi connectivity index (χ0) is 27.9. The average Bonchev–Trinajstić information content (AvgIpc) is 3.08. The zero-order valence-corrected chi connectivity index (χ0v) is 22.9. The predicted octanol–water partition coefficient (Wildman–Crippen LogP) is 10.6. The molecule has 42 heavy (non-hydrogen) atoms. The summed E-state index contributed by atoms with van der Waals surface area (Å²) in [5.74, 6) is 0. The maximum atomic E-state index is 5.26. The van der Waals surface area contributed by atoms with Gasteiger partial charge in [0, 0.05) is 27.3 Å². The molecule has 0 saturated heterocycles. The molecule has 8 rings (SSSR count). The molecule has 0 unspecified atom stereocenters. The number of rotatable bonds is 4. The Balaban J connectivity index is 1.33. The van der Waals surface area contributed by atoms with Crippen molar-refractivity contribution in [2.45, 2.75) is 0 Å². The summed E-state index contributed by atoms with van der Waals surface area (Å²) in [6, 6.07) is 55.6. The van der Waals surface area contributed by atoms with Gasteiger partial charge in [0.2, 0.25) is 0 Å². The van der Waals surface area contributed by atoms with E-state index in [-0.39, 0.29) is 0 Å². The number of aromatic nitrogens is 2. The largest absolute Gasteiger partial charge is 0.248 e. The molecule has 2 nitrogen and oxygen atoms in total. The molecule has 0 amide bonds. The highest BCUT2D eigenvalue weighted by Gasteiger charge is 2.16. The van der Waals surface area contributed by atoms with Crippen LogP contribution >= 0.6 is 0 Å². The number of benzene rings is 6. The summed E-state index contributed by atoms with van der Waals surface area (Å²) in [6.45, 7) is 0. The van der Waals surface area contributed by atoms with E-state index in [1.54, 1.807) is 0 Å².